The molecule has 2 unspecified atom stereocenters. The predicted molar refractivity (Wildman–Crippen MR) is 105 cm³/mol. The van der Waals surface area contributed by atoms with Gasteiger partial charge in [-0.2, -0.15) is 0 Å². The summed E-state index contributed by atoms with van der Waals surface area (Å²) in [7, 11) is -3.25. The van der Waals surface area contributed by atoms with Crippen LogP contribution in [0.15, 0.2) is 24.3 Å². The van der Waals surface area contributed by atoms with Gasteiger partial charge in [-0.1, -0.05) is 18.6 Å². The van der Waals surface area contributed by atoms with Crippen molar-refractivity contribution in [2.75, 3.05) is 5.32 Å². The van der Waals surface area contributed by atoms with Crippen molar-refractivity contribution in [3.05, 3.63) is 29.8 Å². The quantitative estimate of drug-likeness (QED) is 0.828. The number of amides is 1. The number of benzene rings is 1. The number of rotatable bonds is 4. The Morgan fingerprint density at radius 3 is 2.56 bits per heavy atom. The van der Waals surface area contributed by atoms with Crippen molar-refractivity contribution in [2.45, 2.75) is 63.0 Å². The molecule has 1 amide bonds. The first-order valence-corrected chi connectivity index (χ1v) is 10.1. The minimum absolute atomic E-state index is 0. The van der Waals surface area contributed by atoms with Crippen LogP contribution >= 0.6 is 12.4 Å². The van der Waals surface area contributed by atoms with E-state index < -0.39 is 14.6 Å². The van der Waals surface area contributed by atoms with Crippen molar-refractivity contribution in [3.63, 3.8) is 0 Å². The third kappa shape index (κ3) is 5.97. The summed E-state index contributed by atoms with van der Waals surface area (Å²) >= 11 is 0. The van der Waals surface area contributed by atoms with Gasteiger partial charge in [0.05, 0.1) is 10.5 Å². The lowest BCUT2D eigenvalue weighted by atomic mass is 9.85. The van der Waals surface area contributed by atoms with Crippen LogP contribution in [0.25, 0.3) is 0 Å². The molecule has 1 fully saturated rings. The summed E-state index contributed by atoms with van der Waals surface area (Å²) in [5.74, 6) is -0.120. The van der Waals surface area contributed by atoms with E-state index in [4.69, 9.17) is 5.73 Å². The van der Waals surface area contributed by atoms with Crippen LogP contribution in [0.3, 0.4) is 0 Å². The molecule has 3 N–H and O–H groups in total. The molecular formula is C18H29ClN2O3S. The van der Waals surface area contributed by atoms with E-state index in [-0.39, 0.29) is 36.0 Å². The molecule has 7 heteroatoms. The van der Waals surface area contributed by atoms with E-state index in [0.29, 0.717) is 17.7 Å². The van der Waals surface area contributed by atoms with Crippen LogP contribution in [0.2, 0.25) is 0 Å². The lowest BCUT2D eigenvalue weighted by molar-refractivity contribution is -0.120. The maximum atomic E-state index is 12.4. The number of carbonyl (C=O) groups excluding carboxylic acids is 1. The van der Waals surface area contributed by atoms with Gasteiger partial charge in [-0.05, 0) is 57.7 Å². The van der Waals surface area contributed by atoms with Crippen molar-refractivity contribution < 1.29 is 13.2 Å². The maximum absolute atomic E-state index is 12.4. The molecule has 0 bridgehead atoms. The highest BCUT2D eigenvalue weighted by molar-refractivity contribution is 7.91. The summed E-state index contributed by atoms with van der Waals surface area (Å²) in [6, 6.07) is 7.17. The predicted octanol–water partition coefficient (Wildman–Crippen LogP) is 3.28. The standard InChI is InChI=1S/C18H28N2O3S.ClH/c1-18(2,3)24(22,23)12-13-6-4-9-16(10-13)20-17(21)14-7-5-8-15(19)11-14;/h4,6,9-10,14-15H,5,7-8,11-12,19H2,1-3H3,(H,20,21);1H. The number of hydrogen-bond donors (Lipinski definition) is 2. The maximum Gasteiger partial charge on any atom is 0.227 e. The van der Waals surface area contributed by atoms with Crippen molar-refractivity contribution in [3.8, 4) is 0 Å². The lowest BCUT2D eigenvalue weighted by Gasteiger charge is -2.25. The fraction of sp³-hybridized carbons (Fsp3) is 0.611. The van der Waals surface area contributed by atoms with E-state index in [9.17, 15) is 13.2 Å². The number of nitrogens with two attached hydrogens (primary N) is 1. The second-order valence-corrected chi connectivity index (χ2v) is 10.4. The molecule has 25 heavy (non-hydrogen) atoms. The minimum Gasteiger partial charge on any atom is -0.328 e. The van der Waals surface area contributed by atoms with Gasteiger partial charge in [-0.3, -0.25) is 4.79 Å². The zero-order chi connectivity index (χ0) is 18.0. The molecule has 1 aliphatic rings. The zero-order valence-electron chi connectivity index (χ0n) is 15.1. The number of carbonyl (C=O) groups is 1. The first kappa shape index (κ1) is 21.9. The van der Waals surface area contributed by atoms with Gasteiger partial charge in [0.2, 0.25) is 5.91 Å². The molecule has 0 spiro atoms. The average molecular weight is 389 g/mol. The van der Waals surface area contributed by atoms with Gasteiger partial charge in [0, 0.05) is 17.6 Å². The van der Waals surface area contributed by atoms with Crippen LogP contribution in [0.1, 0.15) is 52.0 Å². The molecule has 142 valence electrons. The van der Waals surface area contributed by atoms with Crippen LogP contribution in [0.4, 0.5) is 5.69 Å². The monoisotopic (exact) mass is 388 g/mol. The summed E-state index contributed by atoms with van der Waals surface area (Å²) in [5, 5.41) is 2.91. The van der Waals surface area contributed by atoms with E-state index >= 15 is 0 Å². The summed E-state index contributed by atoms with van der Waals surface area (Å²) in [6.07, 6.45) is 3.52. The van der Waals surface area contributed by atoms with Gasteiger partial charge in [0.15, 0.2) is 9.84 Å². The van der Waals surface area contributed by atoms with E-state index in [1.807, 2.05) is 0 Å². The van der Waals surface area contributed by atoms with Crippen LogP contribution < -0.4 is 11.1 Å². The summed E-state index contributed by atoms with van der Waals surface area (Å²) in [6.45, 7) is 5.08. The fourth-order valence-corrected chi connectivity index (χ4v) is 3.94. The number of hydrogen-bond acceptors (Lipinski definition) is 4. The molecule has 1 aromatic rings. The largest absolute Gasteiger partial charge is 0.328 e. The van der Waals surface area contributed by atoms with E-state index in [1.165, 1.54) is 0 Å². The molecule has 0 heterocycles. The minimum atomic E-state index is -3.25. The van der Waals surface area contributed by atoms with Gasteiger partial charge in [0.25, 0.3) is 0 Å². The molecule has 0 saturated heterocycles. The van der Waals surface area contributed by atoms with Crippen molar-refractivity contribution in [1.82, 2.24) is 0 Å². The Kier molecular flexibility index (Phi) is 7.47. The van der Waals surface area contributed by atoms with E-state index in [1.54, 1.807) is 45.0 Å². The van der Waals surface area contributed by atoms with Gasteiger partial charge >= 0.3 is 0 Å². The van der Waals surface area contributed by atoms with Crippen LogP contribution in [0, 0.1) is 5.92 Å². The van der Waals surface area contributed by atoms with Crippen molar-refractivity contribution in [1.29, 1.82) is 0 Å². The van der Waals surface area contributed by atoms with Crippen LogP contribution in [-0.2, 0) is 20.4 Å². The third-order valence-corrected chi connectivity index (χ3v) is 7.15. The Labute approximate surface area is 157 Å². The number of nitrogens with one attached hydrogen (secondary N) is 1. The molecular weight excluding hydrogens is 360 g/mol. The van der Waals surface area contributed by atoms with Gasteiger partial charge in [-0.25, -0.2) is 8.42 Å². The average Bonchev–Trinajstić information content (AvgIpc) is 2.46. The highest BCUT2D eigenvalue weighted by Gasteiger charge is 2.29. The Morgan fingerprint density at radius 1 is 1.28 bits per heavy atom. The van der Waals surface area contributed by atoms with E-state index in [2.05, 4.69) is 5.32 Å². The molecule has 0 radical (unpaired) electrons. The fourth-order valence-electron chi connectivity index (χ4n) is 2.88. The first-order valence-electron chi connectivity index (χ1n) is 8.46. The topological polar surface area (TPSA) is 89.3 Å². The number of anilines is 1. The number of sulfone groups is 1. The highest BCUT2D eigenvalue weighted by Crippen LogP contribution is 2.25. The summed E-state index contributed by atoms with van der Waals surface area (Å²) in [5.41, 5.74) is 7.27. The molecule has 1 saturated carbocycles. The second kappa shape index (κ2) is 8.52. The van der Waals surface area contributed by atoms with Crippen LogP contribution in [-0.4, -0.2) is 25.1 Å². The van der Waals surface area contributed by atoms with Crippen molar-refractivity contribution in [2.24, 2.45) is 11.7 Å². The molecule has 2 atom stereocenters. The van der Waals surface area contributed by atoms with Crippen molar-refractivity contribution >= 4 is 33.8 Å². The van der Waals surface area contributed by atoms with Crippen LogP contribution in [0.5, 0.6) is 0 Å². The first-order chi connectivity index (χ1) is 11.1. The van der Waals surface area contributed by atoms with Gasteiger partial charge in [0.1, 0.15) is 0 Å². The molecule has 1 aliphatic carbocycles. The second-order valence-electron chi connectivity index (χ2n) is 7.68. The van der Waals surface area contributed by atoms with Gasteiger partial charge < -0.3 is 11.1 Å². The molecule has 0 aromatic heterocycles. The molecule has 5 nitrogen and oxygen atoms in total. The Bertz CT molecular complexity index is 699. The molecule has 0 aliphatic heterocycles. The molecule has 2 rings (SSSR count). The SMILES string of the molecule is CC(C)(C)S(=O)(=O)Cc1cccc(NC(=O)C2CCCC(N)C2)c1.Cl. The number of halogens is 1. The van der Waals surface area contributed by atoms with Gasteiger partial charge in [-0.15, -0.1) is 12.4 Å². The normalized spacial score (nSPS) is 21.3. The Hall–Kier alpha value is -1.11. The summed E-state index contributed by atoms with van der Waals surface area (Å²) < 4.78 is 23.9. The summed E-state index contributed by atoms with van der Waals surface area (Å²) in [4.78, 5) is 12.4. The Morgan fingerprint density at radius 2 is 1.96 bits per heavy atom. The third-order valence-electron chi connectivity index (χ3n) is 4.57. The smallest absolute Gasteiger partial charge is 0.227 e. The Balaban J connectivity index is 0.00000312. The zero-order valence-corrected chi connectivity index (χ0v) is 16.8. The van der Waals surface area contributed by atoms with E-state index in [0.717, 1.165) is 19.3 Å². The highest BCUT2D eigenvalue weighted by atomic mass is 35.5. The lowest BCUT2D eigenvalue weighted by Crippen LogP contribution is -2.34. The molecule has 1 aromatic carbocycles.